The highest BCUT2D eigenvalue weighted by Gasteiger charge is 2.34. The number of carbonyl (C=O) groups excluding carboxylic acids is 1. The highest BCUT2D eigenvalue weighted by molar-refractivity contribution is 6.06. The number of nitrogens with zero attached hydrogens (tertiary/aromatic N) is 2. The number of nitriles is 1. The summed E-state index contributed by atoms with van der Waals surface area (Å²) in [5.74, 6) is 0.0716. The number of nitrogens with one attached hydrogen (secondary N) is 1. The molecule has 37 heavy (non-hydrogen) atoms. The quantitative estimate of drug-likeness (QED) is 0.411. The van der Waals surface area contributed by atoms with Crippen LogP contribution in [0.15, 0.2) is 18.2 Å². The number of Topliss-reactive ketones (excluding diaryl/α,β-unsaturated/α-hetero) is 1. The first-order valence-corrected chi connectivity index (χ1v) is 12.4. The highest BCUT2D eigenvalue weighted by atomic mass is 19.1. The van der Waals surface area contributed by atoms with E-state index in [1.165, 1.54) is 4.90 Å². The summed E-state index contributed by atoms with van der Waals surface area (Å²) in [6.45, 7) is 12.1. The fourth-order valence-electron chi connectivity index (χ4n) is 4.26. The van der Waals surface area contributed by atoms with Crippen LogP contribution in [-0.4, -0.2) is 49.5 Å². The number of ether oxygens (including phenoxy) is 4. The molecule has 0 aliphatic carbocycles. The van der Waals surface area contributed by atoms with Gasteiger partial charge in [0.25, 0.3) is 0 Å². The summed E-state index contributed by atoms with van der Waals surface area (Å²) in [5, 5.41) is 17.6. The molecule has 8 nitrogen and oxygen atoms in total. The third-order valence-corrected chi connectivity index (χ3v) is 5.87. The lowest BCUT2D eigenvalue weighted by Gasteiger charge is -2.25. The van der Waals surface area contributed by atoms with Crippen molar-refractivity contribution in [2.75, 3.05) is 33.0 Å². The number of amidine groups is 1. The Kier molecular flexibility index (Phi) is 8.64. The van der Waals surface area contributed by atoms with Crippen molar-refractivity contribution in [2.45, 2.75) is 53.5 Å². The average molecular weight is 512 g/mol. The monoisotopic (exact) mass is 511 g/mol. The fourth-order valence-corrected chi connectivity index (χ4v) is 4.26. The van der Waals surface area contributed by atoms with Crippen LogP contribution in [0.25, 0.3) is 0 Å². The van der Waals surface area contributed by atoms with Crippen LogP contribution in [-0.2, 0) is 12.0 Å². The Morgan fingerprint density at radius 1 is 1.03 bits per heavy atom. The number of rotatable bonds is 11. The van der Waals surface area contributed by atoms with Gasteiger partial charge in [0, 0.05) is 17.7 Å². The first-order valence-electron chi connectivity index (χ1n) is 12.4. The van der Waals surface area contributed by atoms with E-state index < -0.39 is 11.2 Å². The maximum atomic E-state index is 15.4. The Hall–Kier alpha value is -3.80. The van der Waals surface area contributed by atoms with Crippen LogP contribution in [0.4, 0.5) is 4.39 Å². The van der Waals surface area contributed by atoms with Crippen molar-refractivity contribution >= 4 is 11.6 Å². The number of ketones is 1. The van der Waals surface area contributed by atoms with E-state index in [2.05, 4.69) is 0 Å². The van der Waals surface area contributed by atoms with E-state index >= 15 is 4.39 Å². The van der Waals surface area contributed by atoms with E-state index in [1.54, 1.807) is 32.0 Å². The Morgan fingerprint density at radius 3 is 2.22 bits per heavy atom. The van der Waals surface area contributed by atoms with Gasteiger partial charge in [-0.3, -0.25) is 10.2 Å². The van der Waals surface area contributed by atoms with E-state index in [1.807, 2.05) is 33.8 Å². The van der Waals surface area contributed by atoms with Gasteiger partial charge < -0.3 is 23.8 Å². The van der Waals surface area contributed by atoms with Crippen molar-refractivity contribution in [3.05, 3.63) is 46.3 Å². The number of carbonyl (C=O) groups is 1. The second kappa shape index (κ2) is 11.5. The number of hydrogen-bond acceptors (Lipinski definition) is 7. The third kappa shape index (κ3) is 5.79. The van der Waals surface area contributed by atoms with Crippen LogP contribution in [0.5, 0.6) is 23.0 Å². The molecule has 9 heteroatoms. The van der Waals surface area contributed by atoms with Crippen LogP contribution in [0, 0.1) is 22.6 Å². The normalized spacial score (nSPS) is 12.7. The van der Waals surface area contributed by atoms with Crippen molar-refractivity contribution in [3.8, 4) is 29.1 Å². The minimum Gasteiger partial charge on any atom is -0.490 e. The SMILES string of the molecule is CCOc1cc(C(=O)CN2Cc3cc(OCC)c(OCC)c(F)c3C2=N)cc(C(C)(C)C)c1OCC#N. The van der Waals surface area contributed by atoms with Crippen molar-refractivity contribution in [3.63, 3.8) is 0 Å². The van der Waals surface area contributed by atoms with Crippen LogP contribution in [0.3, 0.4) is 0 Å². The molecule has 0 saturated heterocycles. The maximum absolute atomic E-state index is 15.4. The zero-order valence-electron chi connectivity index (χ0n) is 22.3. The second-order valence-corrected chi connectivity index (χ2v) is 9.53. The predicted molar refractivity (Wildman–Crippen MR) is 138 cm³/mol. The van der Waals surface area contributed by atoms with Gasteiger partial charge in [-0.15, -0.1) is 0 Å². The van der Waals surface area contributed by atoms with Crippen LogP contribution in [0.2, 0.25) is 0 Å². The average Bonchev–Trinajstić information content (AvgIpc) is 3.14. The number of fused-ring (bicyclic) bond motifs is 1. The molecular formula is C28H34FN3O5. The number of benzene rings is 2. The molecule has 2 aromatic carbocycles. The molecule has 1 aliphatic heterocycles. The smallest absolute Gasteiger partial charge is 0.197 e. The Balaban J connectivity index is 1.96. The number of halogens is 1. The van der Waals surface area contributed by atoms with Gasteiger partial charge in [-0.1, -0.05) is 20.8 Å². The van der Waals surface area contributed by atoms with Gasteiger partial charge >= 0.3 is 0 Å². The van der Waals surface area contributed by atoms with E-state index in [0.717, 1.165) is 5.56 Å². The van der Waals surface area contributed by atoms with Crippen LogP contribution >= 0.6 is 0 Å². The molecule has 0 atom stereocenters. The van der Waals surface area contributed by atoms with Gasteiger partial charge in [0.15, 0.2) is 41.2 Å². The summed E-state index contributed by atoms with van der Waals surface area (Å²) in [5.41, 5.74) is 1.38. The van der Waals surface area contributed by atoms with Crippen molar-refractivity contribution in [1.29, 1.82) is 10.7 Å². The summed E-state index contributed by atoms with van der Waals surface area (Å²) in [6.07, 6.45) is 0. The number of hydrogen-bond donors (Lipinski definition) is 1. The lowest BCUT2D eigenvalue weighted by atomic mass is 9.84. The topological polar surface area (TPSA) is 105 Å². The van der Waals surface area contributed by atoms with E-state index in [-0.39, 0.29) is 55.0 Å². The van der Waals surface area contributed by atoms with E-state index in [0.29, 0.717) is 35.8 Å². The molecule has 3 rings (SSSR count). The lowest BCUT2D eigenvalue weighted by molar-refractivity contribution is 0.0962. The molecular weight excluding hydrogens is 477 g/mol. The van der Waals surface area contributed by atoms with Gasteiger partial charge in [-0.2, -0.15) is 5.26 Å². The molecule has 0 aromatic heterocycles. The molecule has 0 radical (unpaired) electrons. The van der Waals surface area contributed by atoms with Crippen molar-refractivity contribution in [1.82, 2.24) is 4.90 Å². The molecule has 1 heterocycles. The summed E-state index contributed by atoms with van der Waals surface area (Å²) in [6, 6.07) is 6.99. The molecule has 0 unspecified atom stereocenters. The Labute approximate surface area is 217 Å². The molecule has 1 aliphatic rings. The summed E-state index contributed by atoms with van der Waals surface area (Å²) in [7, 11) is 0. The Bertz CT molecular complexity index is 1230. The minimum atomic E-state index is -0.657. The molecule has 2 aromatic rings. The van der Waals surface area contributed by atoms with Gasteiger partial charge in [-0.25, -0.2) is 4.39 Å². The van der Waals surface area contributed by atoms with E-state index in [4.69, 9.17) is 29.6 Å². The van der Waals surface area contributed by atoms with Gasteiger partial charge in [0.05, 0.1) is 31.9 Å². The summed E-state index contributed by atoms with van der Waals surface area (Å²) >= 11 is 0. The third-order valence-electron chi connectivity index (χ3n) is 5.87. The first kappa shape index (κ1) is 27.8. The molecule has 0 saturated carbocycles. The zero-order valence-corrected chi connectivity index (χ0v) is 22.3. The van der Waals surface area contributed by atoms with Crippen molar-refractivity contribution < 1.29 is 28.1 Å². The molecule has 0 amide bonds. The maximum Gasteiger partial charge on any atom is 0.197 e. The largest absolute Gasteiger partial charge is 0.490 e. The molecule has 198 valence electrons. The molecule has 0 spiro atoms. The predicted octanol–water partition coefficient (Wildman–Crippen LogP) is 5.25. The molecule has 0 bridgehead atoms. The van der Waals surface area contributed by atoms with Gasteiger partial charge in [0.2, 0.25) is 0 Å². The van der Waals surface area contributed by atoms with Crippen LogP contribution < -0.4 is 18.9 Å². The first-order chi connectivity index (χ1) is 17.6. The van der Waals surface area contributed by atoms with Crippen molar-refractivity contribution in [2.24, 2.45) is 0 Å². The molecule has 1 N–H and O–H groups in total. The standard InChI is InChI=1S/C28H34FN3O5/c1-7-34-21-13-17(12-19(28(4,5)6)25(21)37-11-10-30)20(33)16-32-15-18-14-22(35-8-2)26(36-9-3)24(29)23(18)27(32)31/h12-14,31H,7-9,11,15-16H2,1-6H3. The molecule has 0 fully saturated rings. The zero-order chi connectivity index (χ0) is 27.3. The fraction of sp³-hybridized carbons (Fsp3) is 0.464. The summed E-state index contributed by atoms with van der Waals surface area (Å²) in [4.78, 5) is 15.0. The summed E-state index contributed by atoms with van der Waals surface area (Å²) < 4.78 is 37.9. The van der Waals surface area contributed by atoms with Gasteiger partial charge in [-0.05, 0) is 49.9 Å². The van der Waals surface area contributed by atoms with Gasteiger partial charge in [0.1, 0.15) is 11.9 Å². The lowest BCUT2D eigenvalue weighted by Crippen LogP contribution is -2.30. The van der Waals surface area contributed by atoms with E-state index in [9.17, 15) is 4.79 Å². The highest BCUT2D eigenvalue weighted by Crippen LogP contribution is 2.41. The second-order valence-electron chi connectivity index (χ2n) is 9.53. The van der Waals surface area contributed by atoms with Crippen LogP contribution in [0.1, 0.15) is 68.6 Å². The Morgan fingerprint density at radius 2 is 1.65 bits per heavy atom. The minimum absolute atomic E-state index is 0.0230.